The van der Waals surface area contributed by atoms with E-state index in [4.69, 9.17) is 13.9 Å². The summed E-state index contributed by atoms with van der Waals surface area (Å²) in [6.07, 6.45) is 8.33. The number of hydrogen-bond donors (Lipinski definition) is 1. The Labute approximate surface area is 250 Å². The van der Waals surface area contributed by atoms with Crippen molar-refractivity contribution in [1.82, 2.24) is 9.21 Å². The maximum Gasteiger partial charge on any atom is 0.246 e. The first-order valence-electron chi connectivity index (χ1n) is 14.7. The highest BCUT2D eigenvalue weighted by molar-refractivity contribution is 7.89. The second-order valence-electron chi connectivity index (χ2n) is 13.0. The summed E-state index contributed by atoms with van der Waals surface area (Å²) < 4.78 is 47.7. The summed E-state index contributed by atoms with van der Waals surface area (Å²) in [6, 6.07) is 11.8. The van der Waals surface area contributed by atoms with Gasteiger partial charge in [-0.1, -0.05) is 24.3 Å². The van der Waals surface area contributed by atoms with Gasteiger partial charge in [-0.15, -0.1) is 0 Å². The van der Waals surface area contributed by atoms with Gasteiger partial charge in [0.1, 0.15) is 5.60 Å². The Morgan fingerprint density at radius 2 is 2.02 bits per heavy atom. The van der Waals surface area contributed by atoms with Crippen LogP contribution in [0.25, 0.3) is 6.08 Å². The lowest BCUT2D eigenvalue weighted by atomic mass is 9.45. The van der Waals surface area contributed by atoms with E-state index in [1.807, 2.05) is 18.2 Å². The topological polar surface area (TPSA) is 110 Å². The summed E-state index contributed by atoms with van der Waals surface area (Å²) in [7, 11) is -0.481. The molecule has 0 radical (unpaired) electrons. The molecule has 1 spiro atoms. The molecule has 2 unspecified atom stereocenters. The zero-order valence-electron chi connectivity index (χ0n) is 24.3. The zero-order chi connectivity index (χ0) is 29.9. The number of aliphatic hydroxyl groups is 1. The molecule has 1 N–H and O–H groups in total. The number of amides is 1. The molecule has 9 nitrogen and oxygen atoms in total. The third-order valence-electron chi connectivity index (χ3n) is 10.9. The summed E-state index contributed by atoms with van der Waals surface area (Å²) in [5.41, 5.74) is 0.563. The second kappa shape index (κ2) is 8.74. The molecular formula is C33H34N2O7S. The van der Waals surface area contributed by atoms with Crippen molar-refractivity contribution in [3.8, 4) is 11.5 Å². The highest BCUT2D eigenvalue weighted by Crippen LogP contribution is 2.74. The summed E-state index contributed by atoms with van der Waals surface area (Å²) >= 11 is 0. The molecule has 2 aliphatic heterocycles. The largest absolute Gasteiger partial charge is 0.493 e. The summed E-state index contributed by atoms with van der Waals surface area (Å²) in [6.45, 7) is 2.08. The van der Waals surface area contributed by atoms with Gasteiger partial charge in [0.25, 0.3) is 0 Å². The number of sulfonamides is 1. The van der Waals surface area contributed by atoms with Crippen molar-refractivity contribution in [2.24, 2.45) is 5.41 Å². The molecule has 4 aliphatic carbocycles. The van der Waals surface area contributed by atoms with Crippen molar-refractivity contribution in [2.75, 3.05) is 20.7 Å². The minimum absolute atomic E-state index is 0.177. The smallest absolute Gasteiger partial charge is 0.246 e. The van der Waals surface area contributed by atoms with Crippen LogP contribution >= 0.6 is 0 Å². The molecule has 2 aromatic carbocycles. The third kappa shape index (κ3) is 3.34. The van der Waals surface area contributed by atoms with E-state index in [2.05, 4.69) is 0 Å². The first-order chi connectivity index (χ1) is 20.6. The predicted octanol–water partition coefficient (Wildman–Crippen LogP) is 3.90. The molecule has 3 aromatic rings. The van der Waals surface area contributed by atoms with Crippen LogP contribution in [0.15, 0.2) is 70.4 Å². The fourth-order valence-electron chi connectivity index (χ4n) is 9.37. The van der Waals surface area contributed by atoms with Crippen molar-refractivity contribution >= 4 is 22.0 Å². The number of furan rings is 1. The molecule has 6 aliphatic rings. The average Bonchev–Trinajstić information content (AvgIpc) is 3.57. The molecule has 1 saturated heterocycles. The van der Waals surface area contributed by atoms with Crippen molar-refractivity contribution in [2.45, 2.75) is 66.7 Å². The average molecular weight is 603 g/mol. The normalized spacial score (nSPS) is 33.4. The number of aryl methyl sites for hydroxylation is 1. The Morgan fingerprint density at radius 3 is 2.77 bits per heavy atom. The lowest BCUT2D eigenvalue weighted by Crippen LogP contribution is -2.84. The van der Waals surface area contributed by atoms with Crippen LogP contribution in [0.1, 0.15) is 47.4 Å². The Morgan fingerprint density at radius 1 is 1.21 bits per heavy atom. The van der Waals surface area contributed by atoms with Crippen molar-refractivity contribution in [1.29, 1.82) is 0 Å². The molecule has 10 heteroatoms. The van der Waals surface area contributed by atoms with Gasteiger partial charge in [0.05, 0.1) is 48.1 Å². The van der Waals surface area contributed by atoms with E-state index >= 15 is 0 Å². The maximum absolute atomic E-state index is 14.2. The molecule has 1 aromatic heterocycles. The van der Waals surface area contributed by atoms with Crippen molar-refractivity contribution in [3.63, 3.8) is 0 Å². The first kappa shape index (κ1) is 27.0. The van der Waals surface area contributed by atoms with Gasteiger partial charge in [-0.3, -0.25) is 4.79 Å². The first-order valence-corrected chi connectivity index (χ1v) is 16.2. The van der Waals surface area contributed by atoms with Gasteiger partial charge in [-0.05, 0) is 68.0 Å². The summed E-state index contributed by atoms with van der Waals surface area (Å²) in [5.74, 6) is 0.485. The summed E-state index contributed by atoms with van der Waals surface area (Å²) in [5, 5.41) is 12.9. The third-order valence-corrected chi connectivity index (χ3v) is 12.8. The van der Waals surface area contributed by atoms with E-state index < -0.39 is 38.6 Å². The minimum atomic E-state index is -3.87. The van der Waals surface area contributed by atoms with Crippen LogP contribution in [-0.4, -0.2) is 72.6 Å². The van der Waals surface area contributed by atoms with E-state index in [1.165, 1.54) is 6.08 Å². The van der Waals surface area contributed by atoms with Gasteiger partial charge in [0.15, 0.2) is 11.5 Å². The number of methoxy groups -OCH3 is 1. The SMILES string of the molecule is COc1ccc2c3c1O[C@@]14CC5(C2)CN(S(=O)(=O)c2ccccc2C)[C@H]5[C@](O)(CC[C@H]1N(C)C(=O)/C=C\c1ccoc1)C34. The monoisotopic (exact) mass is 602 g/mol. The van der Waals surface area contributed by atoms with Crippen LogP contribution in [0.4, 0.5) is 0 Å². The van der Waals surface area contributed by atoms with E-state index in [0.717, 1.165) is 16.7 Å². The Bertz CT molecular complexity index is 1800. The number of carbonyl (C=O) groups excluding carboxylic acids is 1. The quantitative estimate of drug-likeness (QED) is 0.427. The van der Waals surface area contributed by atoms with Gasteiger partial charge in [-0.25, -0.2) is 8.42 Å². The highest BCUT2D eigenvalue weighted by atomic mass is 32.2. The van der Waals surface area contributed by atoms with Crippen LogP contribution in [0, 0.1) is 12.3 Å². The van der Waals surface area contributed by atoms with Gasteiger partial charge in [0, 0.05) is 36.2 Å². The molecule has 224 valence electrons. The van der Waals surface area contributed by atoms with Crippen molar-refractivity contribution < 1.29 is 32.2 Å². The molecule has 43 heavy (non-hydrogen) atoms. The number of rotatable bonds is 6. The molecule has 3 heterocycles. The fourth-order valence-corrected chi connectivity index (χ4v) is 11.5. The van der Waals surface area contributed by atoms with Gasteiger partial charge in [0.2, 0.25) is 15.9 Å². The van der Waals surface area contributed by atoms with Gasteiger partial charge >= 0.3 is 0 Å². The van der Waals surface area contributed by atoms with Gasteiger partial charge < -0.3 is 23.9 Å². The maximum atomic E-state index is 14.2. The number of benzene rings is 2. The van der Waals surface area contributed by atoms with Crippen LogP contribution < -0.4 is 9.47 Å². The molecular weight excluding hydrogens is 568 g/mol. The van der Waals surface area contributed by atoms with Gasteiger partial charge in [-0.2, -0.15) is 4.31 Å². The van der Waals surface area contributed by atoms with E-state index in [-0.39, 0.29) is 23.4 Å². The Balaban J connectivity index is 1.25. The zero-order valence-corrected chi connectivity index (χ0v) is 25.1. The van der Waals surface area contributed by atoms with Crippen LogP contribution in [0.5, 0.6) is 11.5 Å². The standard InChI is InChI=1S/C33H34N2O7S/c1-20-6-4-5-7-24(20)43(38,39)35-19-31-16-22-9-10-23(40-3)28-27(22)29-32(37,30(31)35)14-12-25(33(29,18-31)42-28)34(2)26(36)11-8-21-13-15-41-17-21/h4-11,13,15,17,25,29-30,37H,12,14,16,18-19H2,1-3H3/b11-8-/t25-,29?,30-,31?,32+,33+/m1/s1. The lowest BCUT2D eigenvalue weighted by Gasteiger charge is -2.71. The molecule has 6 atom stereocenters. The number of nitrogens with zero attached hydrogens (tertiary/aromatic N) is 2. The number of ether oxygens (including phenoxy) is 2. The predicted molar refractivity (Wildman–Crippen MR) is 157 cm³/mol. The summed E-state index contributed by atoms with van der Waals surface area (Å²) in [4.78, 5) is 15.6. The van der Waals surface area contributed by atoms with Crippen molar-refractivity contribution in [3.05, 3.63) is 83.3 Å². The van der Waals surface area contributed by atoms with Crippen LogP contribution in [0.3, 0.4) is 0 Å². The van der Waals surface area contributed by atoms with Crippen LogP contribution in [0.2, 0.25) is 0 Å². The molecule has 1 amide bonds. The number of hydrogen-bond acceptors (Lipinski definition) is 7. The van der Waals surface area contributed by atoms with E-state index in [0.29, 0.717) is 42.7 Å². The van der Waals surface area contributed by atoms with Crippen LogP contribution in [-0.2, 0) is 21.2 Å². The molecule has 9 rings (SSSR count). The molecule has 3 fully saturated rings. The fraction of sp³-hybridized carbons (Fsp3) is 0.424. The molecule has 5 bridgehead atoms. The highest BCUT2D eigenvalue weighted by Gasteiger charge is 2.81. The number of likely N-dealkylation sites (N-methyl/N-ethyl adjacent to an activating group) is 1. The van der Waals surface area contributed by atoms with E-state index in [9.17, 15) is 18.3 Å². The Kier molecular flexibility index (Phi) is 5.48. The Hall–Kier alpha value is -3.60. The molecule has 2 saturated carbocycles. The number of carbonyl (C=O) groups is 1. The van der Waals surface area contributed by atoms with E-state index in [1.54, 1.807) is 73.2 Å². The second-order valence-corrected chi connectivity index (χ2v) is 14.8. The minimum Gasteiger partial charge on any atom is -0.493 e. The lowest BCUT2D eigenvalue weighted by molar-refractivity contribution is -0.259.